The average molecular weight is 435 g/mol. The van der Waals surface area contributed by atoms with E-state index in [2.05, 4.69) is 16.0 Å². The molecule has 0 radical (unpaired) electrons. The van der Waals surface area contributed by atoms with Crippen molar-refractivity contribution >= 4 is 17.5 Å². The number of carbonyl (C=O) groups is 1. The van der Waals surface area contributed by atoms with Crippen LogP contribution in [0.15, 0.2) is 61.1 Å². The van der Waals surface area contributed by atoms with Crippen molar-refractivity contribution in [3.8, 4) is 17.3 Å². The maximum absolute atomic E-state index is 14.3. The van der Waals surface area contributed by atoms with Crippen molar-refractivity contribution in [2.45, 2.75) is 19.3 Å². The lowest BCUT2D eigenvalue weighted by Gasteiger charge is -2.37. The number of amides is 1. The predicted molar refractivity (Wildman–Crippen MR) is 116 cm³/mol. The van der Waals surface area contributed by atoms with Crippen LogP contribution in [-0.2, 0) is 6.42 Å². The second-order valence-electron chi connectivity index (χ2n) is 7.73. The summed E-state index contributed by atoms with van der Waals surface area (Å²) in [6, 6.07) is 14.1. The molecule has 7 heteroatoms. The quantitative estimate of drug-likeness (QED) is 0.584. The molecule has 1 fully saturated rings. The van der Waals surface area contributed by atoms with Crippen LogP contribution >= 0.6 is 11.6 Å². The first kappa shape index (κ1) is 21.0. The number of hydrogen-bond acceptors (Lipinski definition) is 4. The molecule has 1 aliphatic rings. The fourth-order valence-electron chi connectivity index (χ4n) is 3.98. The van der Waals surface area contributed by atoms with Crippen LogP contribution in [0.4, 0.5) is 4.39 Å². The molecule has 4 rings (SSSR count). The fourth-order valence-corrected chi connectivity index (χ4v) is 4.14. The van der Waals surface area contributed by atoms with Crippen LogP contribution < -0.4 is 0 Å². The molecule has 31 heavy (non-hydrogen) atoms. The lowest BCUT2D eigenvalue weighted by molar-refractivity contribution is 0.0647. The number of carbonyl (C=O) groups excluding carboxylic acids is 1. The number of hydrogen-bond donors (Lipinski definition) is 0. The van der Waals surface area contributed by atoms with E-state index < -0.39 is 11.2 Å². The monoisotopic (exact) mass is 434 g/mol. The first-order valence-corrected chi connectivity index (χ1v) is 10.4. The van der Waals surface area contributed by atoms with Crippen LogP contribution in [0.5, 0.6) is 0 Å². The molecule has 2 aromatic heterocycles. The minimum Gasteiger partial charge on any atom is -0.338 e. The highest BCUT2D eigenvalue weighted by Gasteiger charge is 2.37. The van der Waals surface area contributed by atoms with Gasteiger partial charge in [-0.05, 0) is 61.2 Å². The third kappa shape index (κ3) is 4.42. The zero-order valence-electron chi connectivity index (χ0n) is 16.8. The first-order valence-electron chi connectivity index (χ1n) is 10.0. The number of halogens is 2. The van der Waals surface area contributed by atoms with Crippen LogP contribution in [0.1, 0.15) is 28.8 Å². The molecular weight excluding hydrogens is 415 g/mol. The van der Waals surface area contributed by atoms with Gasteiger partial charge in [0, 0.05) is 42.3 Å². The summed E-state index contributed by atoms with van der Waals surface area (Å²) in [5.41, 5.74) is 1.70. The summed E-state index contributed by atoms with van der Waals surface area (Å²) in [7, 11) is 0. The van der Waals surface area contributed by atoms with Gasteiger partial charge in [-0.1, -0.05) is 17.7 Å². The number of benzene rings is 1. The van der Waals surface area contributed by atoms with Crippen molar-refractivity contribution in [2.24, 2.45) is 5.41 Å². The zero-order valence-corrected chi connectivity index (χ0v) is 17.5. The second kappa shape index (κ2) is 8.83. The van der Waals surface area contributed by atoms with Crippen LogP contribution in [0.25, 0.3) is 11.3 Å². The smallest absolute Gasteiger partial charge is 0.256 e. The maximum Gasteiger partial charge on any atom is 0.256 e. The largest absolute Gasteiger partial charge is 0.338 e. The van der Waals surface area contributed by atoms with Gasteiger partial charge in [0.25, 0.3) is 5.91 Å². The van der Waals surface area contributed by atoms with E-state index in [0.29, 0.717) is 54.2 Å². The summed E-state index contributed by atoms with van der Waals surface area (Å²) in [5, 5.41) is 10.2. The summed E-state index contributed by atoms with van der Waals surface area (Å²) >= 11 is 5.84. The Morgan fingerprint density at radius 2 is 1.90 bits per heavy atom. The van der Waals surface area contributed by atoms with Crippen LogP contribution in [0.2, 0.25) is 5.02 Å². The number of nitriles is 1. The van der Waals surface area contributed by atoms with Gasteiger partial charge in [-0.2, -0.15) is 5.26 Å². The molecule has 1 saturated heterocycles. The molecule has 0 spiro atoms. The molecule has 0 saturated carbocycles. The predicted octanol–water partition coefficient (Wildman–Crippen LogP) is 4.92. The van der Waals surface area contributed by atoms with Crippen molar-refractivity contribution in [3.05, 3.63) is 83.0 Å². The topological polar surface area (TPSA) is 69.9 Å². The summed E-state index contributed by atoms with van der Waals surface area (Å²) < 4.78 is 14.3. The van der Waals surface area contributed by atoms with Gasteiger partial charge in [0.05, 0.1) is 22.7 Å². The van der Waals surface area contributed by atoms with Gasteiger partial charge in [-0.15, -0.1) is 0 Å². The summed E-state index contributed by atoms with van der Waals surface area (Å²) in [5.74, 6) is -0.526. The lowest BCUT2D eigenvalue weighted by atomic mass is 9.75. The maximum atomic E-state index is 14.3. The third-order valence-electron chi connectivity index (χ3n) is 5.78. The Hall–Kier alpha value is -3.30. The molecule has 0 aliphatic carbocycles. The molecule has 3 heterocycles. The molecular formula is C24H20ClFN4O. The number of aromatic nitrogens is 2. The molecule has 156 valence electrons. The van der Waals surface area contributed by atoms with Gasteiger partial charge in [0.1, 0.15) is 5.82 Å². The number of likely N-dealkylation sites (tertiary alicyclic amines) is 1. The average Bonchev–Trinajstić information content (AvgIpc) is 2.81. The second-order valence-corrected chi connectivity index (χ2v) is 8.17. The van der Waals surface area contributed by atoms with Gasteiger partial charge in [0.15, 0.2) is 0 Å². The molecule has 3 aromatic rings. The normalized spacial score (nSPS) is 15.3. The molecule has 1 amide bonds. The molecule has 0 bridgehead atoms. The lowest BCUT2D eigenvalue weighted by Crippen LogP contribution is -2.43. The molecule has 0 atom stereocenters. The standard InChI is InChI=1S/C24H20ClFN4O/c25-19-4-3-18(21(26)14-19)15-24(16-27)7-12-30(13-8-24)23(31)20-2-1-9-29-22(20)17-5-10-28-11-6-17/h1-6,9-11,14H,7-8,12-13,15H2. The van der Waals surface area contributed by atoms with Gasteiger partial charge < -0.3 is 4.90 Å². The van der Waals surface area contributed by atoms with Crippen LogP contribution in [0.3, 0.4) is 0 Å². The summed E-state index contributed by atoms with van der Waals surface area (Å²) in [6.07, 6.45) is 6.23. The Bertz CT molecular complexity index is 1140. The Kier molecular flexibility index (Phi) is 5.97. The van der Waals surface area contributed by atoms with Gasteiger partial charge >= 0.3 is 0 Å². The van der Waals surface area contributed by atoms with E-state index in [9.17, 15) is 14.4 Å². The third-order valence-corrected chi connectivity index (χ3v) is 6.02. The van der Waals surface area contributed by atoms with Crippen molar-refractivity contribution in [1.29, 1.82) is 5.26 Å². The highest BCUT2D eigenvalue weighted by atomic mass is 35.5. The zero-order chi connectivity index (χ0) is 21.8. The summed E-state index contributed by atoms with van der Waals surface area (Å²) in [4.78, 5) is 23.4. The highest BCUT2D eigenvalue weighted by Crippen LogP contribution is 2.36. The van der Waals surface area contributed by atoms with Crippen LogP contribution in [-0.4, -0.2) is 33.9 Å². The Morgan fingerprint density at radius 3 is 2.58 bits per heavy atom. The summed E-state index contributed by atoms with van der Waals surface area (Å²) in [6.45, 7) is 0.846. The Morgan fingerprint density at radius 1 is 1.16 bits per heavy atom. The molecule has 5 nitrogen and oxygen atoms in total. The number of piperidine rings is 1. The van der Waals surface area contributed by atoms with Crippen LogP contribution in [0, 0.1) is 22.6 Å². The highest BCUT2D eigenvalue weighted by molar-refractivity contribution is 6.30. The number of rotatable bonds is 4. The minimum absolute atomic E-state index is 0.121. The van der Waals surface area contributed by atoms with Crippen molar-refractivity contribution < 1.29 is 9.18 Å². The van der Waals surface area contributed by atoms with E-state index >= 15 is 0 Å². The molecule has 1 aliphatic heterocycles. The molecule has 0 N–H and O–H groups in total. The minimum atomic E-state index is -0.714. The van der Waals surface area contributed by atoms with Gasteiger partial charge in [-0.3, -0.25) is 14.8 Å². The van der Waals surface area contributed by atoms with E-state index in [1.54, 1.807) is 47.8 Å². The number of pyridine rings is 2. The van der Waals surface area contributed by atoms with Gasteiger partial charge in [0.2, 0.25) is 0 Å². The Balaban J connectivity index is 1.51. The fraction of sp³-hybridized carbons (Fsp3) is 0.250. The van der Waals surface area contributed by atoms with E-state index in [4.69, 9.17) is 11.6 Å². The van der Waals surface area contributed by atoms with E-state index in [1.807, 2.05) is 12.1 Å². The Labute approximate surface area is 185 Å². The van der Waals surface area contributed by atoms with E-state index in [-0.39, 0.29) is 5.91 Å². The first-order chi connectivity index (χ1) is 15.0. The van der Waals surface area contributed by atoms with E-state index in [0.717, 1.165) is 5.56 Å². The van der Waals surface area contributed by atoms with Crippen molar-refractivity contribution in [3.63, 3.8) is 0 Å². The molecule has 0 unspecified atom stereocenters. The number of nitrogens with zero attached hydrogens (tertiary/aromatic N) is 4. The SMILES string of the molecule is N#CC1(Cc2ccc(Cl)cc2F)CCN(C(=O)c2cccnc2-c2ccncc2)CC1. The van der Waals surface area contributed by atoms with Crippen molar-refractivity contribution in [1.82, 2.24) is 14.9 Å². The van der Waals surface area contributed by atoms with Gasteiger partial charge in [-0.25, -0.2) is 4.39 Å². The molecule has 1 aromatic carbocycles. The van der Waals surface area contributed by atoms with E-state index in [1.165, 1.54) is 6.07 Å². The van der Waals surface area contributed by atoms with Crippen molar-refractivity contribution in [2.75, 3.05) is 13.1 Å².